The lowest BCUT2D eigenvalue weighted by atomic mass is 10.1. The van der Waals surface area contributed by atoms with Crippen molar-refractivity contribution >= 4 is 17.4 Å². The zero-order chi connectivity index (χ0) is 14.9. The van der Waals surface area contributed by atoms with Crippen LogP contribution < -0.4 is 0 Å². The number of rotatable bonds is 5. The molecule has 0 unspecified atom stereocenters. The van der Waals surface area contributed by atoms with Crippen molar-refractivity contribution in [2.45, 2.75) is 20.4 Å². The first kappa shape index (κ1) is 14.7. The molecule has 0 atom stereocenters. The smallest absolute Gasteiger partial charge is 0.216 e. The van der Waals surface area contributed by atoms with Crippen LogP contribution in [0.15, 0.2) is 6.20 Å². The van der Waals surface area contributed by atoms with E-state index in [1.54, 1.807) is 16.5 Å². The predicted molar refractivity (Wildman–Crippen MR) is 75.2 cm³/mol. The standard InChI is InChI=1S/C13H17ClN4O2/c1-8-11(9(2)17(3)16-8)13(19)12-10(14)7-15-18(12)5-6-20-4/h7H,5-6H2,1-4H3. The Bertz CT molecular complexity index is 645. The van der Waals surface area contributed by atoms with Gasteiger partial charge in [0, 0.05) is 19.9 Å². The first-order chi connectivity index (χ1) is 9.47. The van der Waals surface area contributed by atoms with Crippen molar-refractivity contribution in [1.82, 2.24) is 19.6 Å². The van der Waals surface area contributed by atoms with Crippen LogP contribution in [0.1, 0.15) is 27.4 Å². The van der Waals surface area contributed by atoms with Gasteiger partial charge in [-0.3, -0.25) is 14.2 Å². The normalized spacial score (nSPS) is 11.1. The summed E-state index contributed by atoms with van der Waals surface area (Å²) < 4.78 is 8.27. The minimum Gasteiger partial charge on any atom is -0.383 e. The minimum absolute atomic E-state index is 0.160. The molecule has 108 valence electrons. The van der Waals surface area contributed by atoms with Crippen LogP contribution in [0.3, 0.4) is 0 Å². The van der Waals surface area contributed by atoms with Gasteiger partial charge in [0.2, 0.25) is 5.78 Å². The summed E-state index contributed by atoms with van der Waals surface area (Å²) in [6, 6.07) is 0. The van der Waals surface area contributed by atoms with E-state index in [4.69, 9.17) is 16.3 Å². The zero-order valence-corrected chi connectivity index (χ0v) is 12.7. The second kappa shape index (κ2) is 5.76. The summed E-state index contributed by atoms with van der Waals surface area (Å²) in [7, 11) is 3.41. The summed E-state index contributed by atoms with van der Waals surface area (Å²) in [5.41, 5.74) is 2.45. The number of carbonyl (C=O) groups is 1. The van der Waals surface area contributed by atoms with Crippen LogP contribution in [-0.2, 0) is 18.3 Å². The van der Waals surface area contributed by atoms with Gasteiger partial charge in [0.05, 0.1) is 35.6 Å². The van der Waals surface area contributed by atoms with Gasteiger partial charge in [-0.05, 0) is 13.8 Å². The first-order valence-electron chi connectivity index (χ1n) is 6.22. The molecular formula is C13H17ClN4O2. The second-order valence-electron chi connectivity index (χ2n) is 4.56. The minimum atomic E-state index is -0.160. The Hall–Kier alpha value is -1.66. The number of hydrogen-bond acceptors (Lipinski definition) is 4. The average Bonchev–Trinajstić information content (AvgIpc) is 2.88. The fourth-order valence-corrected chi connectivity index (χ4v) is 2.38. The maximum Gasteiger partial charge on any atom is 0.216 e. The molecule has 0 aliphatic heterocycles. The van der Waals surface area contributed by atoms with Crippen molar-refractivity contribution in [2.75, 3.05) is 13.7 Å². The molecule has 2 rings (SSSR count). The van der Waals surface area contributed by atoms with Crippen LogP contribution in [0.5, 0.6) is 0 Å². The third-order valence-electron chi connectivity index (χ3n) is 3.25. The summed E-state index contributed by atoms with van der Waals surface area (Å²) in [5, 5.41) is 8.73. The van der Waals surface area contributed by atoms with Gasteiger partial charge in [-0.25, -0.2) is 0 Å². The monoisotopic (exact) mass is 296 g/mol. The van der Waals surface area contributed by atoms with Gasteiger partial charge < -0.3 is 4.74 Å². The van der Waals surface area contributed by atoms with Gasteiger partial charge in [0.25, 0.3) is 0 Å². The van der Waals surface area contributed by atoms with Crippen LogP contribution in [0.2, 0.25) is 5.02 Å². The molecule has 0 saturated carbocycles. The third kappa shape index (κ3) is 2.48. The van der Waals surface area contributed by atoms with Gasteiger partial charge in [-0.2, -0.15) is 10.2 Å². The Morgan fingerprint density at radius 2 is 2.15 bits per heavy atom. The van der Waals surface area contributed by atoms with Crippen LogP contribution >= 0.6 is 11.6 Å². The quantitative estimate of drug-likeness (QED) is 0.789. The molecule has 0 spiro atoms. The maximum atomic E-state index is 12.7. The lowest BCUT2D eigenvalue weighted by Gasteiger charge is -2.07. The van der Waals surface area contributed by atoms with Crippen molar-refractivity contribution in [2.24, 2.45) is 7.05 Å². The van der Waals surface area contributed by atoms with Crippen LogP contribution in [-0.4, -0.2) is 39.1 Å². The molecule has 7 heteroatoms. The number of carbonyl (C=O) groups excluding carboxylic acids is 1. The highest BCUT2D eigenvalue weighted by atomic mass is 35.5. The summed E-state index contributed by atoms with van der Waals surface area (Å²) >= 11 is 6.11. The van der Waals surface area contributed by atoms with Gasteiger partial charge in [-0.15, -0.1) is 0 Å². The van der Waals surface area contributed by atoms with Crippen LogP contribution in [0.4, 0.5) is 0 Å². The van der Waals surface area contributed by atoms with Gasteiger partial charge in [-0.1, -0.05) is 11.6 Å². The Morgan fingerprint density at radius 3 is 2.70 bits per heavy atom. The first-order valence-corrected chi connectivity index (χ1v) is 6.60. The molecular weight excluding hydrogens is 280 g/mol. The maximum absolute atomic E-state index is 12.7. The summed E-state index contributed by atoms with van der Waals surface area (Å²) in [4.78, 5) is 12.7. The van der Waals surface area contributed by atoms with Crippen molar-refractivity contribution in [3.63, 3.8) is 0 Å². The number of halogens is 1. The molecule has 0 aliphatic carbocycles. The molecule has 0 aliphatic rings. The highest BCUT2D eigenvalue weighted by Gasteiger charge is 2.24. The Morgan fingerprint density at radius 1 is 1.45 bits per heavy atom. The number of ether oxygens (including phenoxy) is 1. The van der Waals surface area contributed by atoms with Gasteiger partial charge >= 0.3 is 0 Å². The van der Waals surface area contributed by atoms with Crippen molar-refractivity contribution in [3.8, 4) is 0 Å². The van der Waals surface area contributed by atoms with E-state index in [0.717, 1.165) is 5.69 Å². The molecule has 0 saturated heterocycles. The van der Waals surface area contributed by atoms with E-state index >= 15 is 0 Å². The number of hydrogen-bond donors (Lipinski definition) is 0. The van der Waals surface area contributed by atoms with Gasteiger partial charge in [0.1, 0.15) is 5.69 Å². The lowest BCUT2D eigenvalue weighted by Crippen LogP contribution is -2.15. The van der Waals surface area contributed by atoms with Crippen LogP contribution in [0.25, 0.3) is 0 Å². The van der Waals surface area contributed by atoms with E-state index in [2.05, 4.69) is 10.2 Å². The molecule has 0 aromatic carbocycles. The molecule has 0 radical (unpaired) electrons. The second-order valence-corrected chi connectivity index (χ2v) is 4.96. The summed E-state index contributed by atoms with van der Waals surface area (Å²) in [6.07, 6.45) is 1.48. The molecule has 6 nitrogen and oxygen atoms in total. The molecule has 2 aromatic rings. The van der Waals surface area contributed by atoms with E-state index in [1.807, 2.05) is 20.9 Å². The predicted octanol–water partition coefficient (Wildman–Crippen LogP) is 1.76. The van der Waals surface area contributed by atoms with E-state index in [-0.39, 0.29) is 5.78 Å². The molecule has 0 fully saturated rings. The number of aromatic nitrogens is 4. The number of ketones is 1. The molecule has 0 bridgehead atoms. The van der Waals surface area contributed by atoms with Gasteiger partial charge in [0.15, 0.2) is 0 Å². The third-order valence-corrected chi connectivity index (χ3v) is 3.53. The van der Waals surface area contributed by atoms with Crippen molar-refractivity contribution in [1.29, 1.82) is 0 Å². The number of aryl methyl sites for hydroxylation is 2. The highest BCUT2D eigenvalue weighted by molar-refractivity contribution is 6.34. The molecule has 20 heavy (non-hydrogen) atoms. The fraction of sp³-hybridized carbons (Fsp3) is 0.462. The fourth-order valence-electron chi connectivity index (χ4n) is 2.16. The summed E-state index contributed by atoms with van der Waals surface area (Å²) in [6.45, 7) is 4.60. The lowest BCUT2D eigenvalue weighted by molar-refractivity contribution is 0.102. The SMILES string of the molecule is COCCn1ncc(Cl)c1C(=O)c1c(C)nn(C)c1C. The van der Waals surface area contributed by atoms with E-state index < -0.39 is 0 Å². The van der Waals surface area contributed by atoms with Crippen molar-refractivity contribution < 1.29 is 9.53 Å². The average molecular weight is 297 g/mol. The largest absolute Gasteiger partial charge is 0.383 e. The Balaban J connectivity index is 2.45. The Labute approximate surface area is 122 Å². The van der Waals surface area contributed by atoms with E-state index in [1.165, 1.54) is 6.20 Å². The Kier molecular flexibility index (Phi) is 4.25. The summed E-state index contributed by atoms with van der Waals surface area (Å²) in [5.74, 6) is -0.160. The number of nitrogens with zero attached hydrogens (tertiary/aromatic N) is 4. The van der Waals surface area contributed by atoms with E-state index in [9.17, 15) is 4.79 Å². The zero-order valence-electron chi connectivity index (χ0n) is 12.0. The van der Waals surface area contributed by atoms with E-state index in [0.29, 0.717) is 35.1 Å². The van der Waals surface area contributed by atoms with Crippen molar-refractivity contribution in [3.05, 3.63) is 33.9 Å². The molecule has 0 amide bonds. The topological polar surface area (TPSA) is 61.9 Å². The molecule has 0 N–H and O–H groups in total. The molecule has 2 heterocycles. The highest BCUT2D eigenvalue weighted by Crippen LogP contribution is 2.22. The van der Waals surface area contributed by atoms with Crippen LogP contribution in [0, 0.1) is 13.8 Å². The number of methoxy groups -OCH3 is 1. The molecule has 2 aromatic heterocycles.